The number of alkyl halides is 2. The average Bonchev–Trinajstić information content (AvgIpc) is 2.49. The summed E-state index contributed by atoms with van der Waals surface area (Å²) in [6.45, 7) is 0.272. The van der Waals surface area contributed by atoms with Gasteiger partial charge in [0.2, 0.25) is 0 Å². The quantitative estimate of drug-likeness (QED) is 0.849. The second-order valence-electron chi connectivity index (χ2n) is 8.31. The van der Waals surface area contributed by atoms with E-state index in [2.05, 4.69) is 5.32 Å². The van der Waals surface area contributed by atoms with Crippen LogP contribution in [0.1, 0.15) is 48.9 Å². The maximum absolute atomic E-state index is 15.0. The SMILES string of the molecule is COc1cccc(Cl)c1C(=O)NCC12CC3CC(F)(CC(F)(C3)C1)C2. The second kappa shape index (κ2) is 5.57. The summed E-state index contributed by atoms with van der Waals surface area (Å²) >= 11 is 6.14. The number of benzene rings is 1. The minimum absolute atomic E-state index is 0.0184. The third-order valence-electron chi connectivity index (χ3n) is 6.09. The highest BCUT2D eigenvalue weighted by Gasteiger charge is 2.64. The fourth-order valence-corrected chi connectivity index (χ4v) is 6.10. The Bertz CT molecular complexity index is 707. The molecule has 1 N–H and O–H groups in total. The molecule has 4 fully saturated rings. The van der Waals surface area contributed by atoms with Crippen LogP contribution in [0.5, 0.6) is 5.75 Å². The molecule has 0 spiro atoms. The lowest BCUT2D eigenvalue weighted by Gasteiger charge is -2.61. The van der Waals surface area contributed by atoms with Crippen molar-refractivity contribution in [1.29, 1.82) is 0 Å². The van der Waals surface area contributed by atoms with Crippen molar-refractivity contribution in [3.8, 4) is 5.75 Å². The fourth-order valence-electron chi connectivity index (χ4n) is 5.84. The number of amides is 1. The summed E-state index contributed by atoms with van der Waals surface area (Å²) < 4.78 is 35.2. The van der Waals surface area contributed by atoms with Crippen molar-refractivity contribution in [3.05, 3.63) is 28.8 Å². The Morgan fingerprint density at radius 3 is 2.52 bits per heavy atom. The zero-order valence-corrected chi connectivity index (χ0v) is 15.0. The van der Waals surface area contributed by atoms with Crippen molar-refractivity contribution in [2.75, 3.05) is 13.7 Å². The molecule has 0 aliphatic heterocycles. The lowest BCUT2D eigenvalue weighted by Crippen LogP contribution is -2.62. The molecular formula is C19H22ClF2NO2. The number of halogens is 3. The zero-order chi connectivity index (χ0) is 17.9. The van der Waals surface area contributed by atoms with Gasteiger partial charge >= 0.3 is 0 Å². The van der Waals surface area contributed by atoms with Crippen LogP contribution < -0.4 is 10.1 Å². The van der Waals surface area contributed by atoms with Gasteiger partial charge in [-0.1, -0.05) is 17.7 Å². The standard InChI is InChI=1S/C19H22ClF2NO2/c1-25-14-4-2-3-13(20)15(14)16(24)23-11-17-5-12-6-18(21,8-17)10-19(22,7-12)9-17/h2-4,12H,5-11H2,1H3,(H,23,24). The normalized spacial score (nSPS) is 38.6. The van der Waals surface area contributed by atoms with Crippen molar-refractivity contribution in [2.24, 2.45) is 11.3 Å². The van der Waals surface area contributed by atoms with Gasteiger partial charge in [0.25, 0.3) is 5.91 Å². The molecule has 4 saturated carbocycles. The smallest absolute Gasteiger partial charge is 0.256 e. The number of carbonyl (C=O) groups excluding carboxylic acids is 1. The van der Waals surface area contributed by atoms with Crippen molar-refractivity contribution in [1.82, 2.24) is 5.32 Å². The summed E-state index contributed by atoms with van der Waals surface area (Å²) in [7, 11) is 1.47. The number of nitrogens with one attached hydrogen (secondary N) is 1. The molecule has 4 aliphatic carbocycles. The van der Waals surface area contributed by atoms with Crippen molar-refractivity contribution in [2.45, 2.75) is 49.9 Å². The van der Waals surface area contributed by atoms with E-state index in [0.29, 0.717) is 36.5 Å². The van der Waals surface area contributed by atoms with Gasteiger partial charge in [-0.3, -0.25) is 4.79 Å². The summed E-state index contributed by atoms with van der Waals surface area (Å²) in [5, 5.41) is 3.17. The first-order chi connectivity index (χ1) is 11.8. The lowest BCUT2D eigenvalue weighted by atomic mass is 9.47. The van der Waals surface area contributed by atoms with Gasteiger partial charge in [-0.15, -0.1) is 0 Å². The van der Waals surface area contributed by atoms with E-state index in [1.54, 1.807) is 18.2 Å². The molecular weight excluding hydrogens is 348 g/mol. The van der Waals surface area contributed by atoms with Crippen LogP contribution in [-0.2, 0) is 0 Å². The van der Waals surface area contributed by atoms with E-state index >= 15 is 8.78 Å². The van der Waals surface area contributed by atoms with Gasteiger partial charge in [0.05, 0.1) is 17.7 Å². The number of ether oxygens (including phenoxy) is 1. The minimum Gasteiger partial charge on any atom is -0.496 e. The van der Waals surface area contributed by atoms with Crippen LogP contribution in [0.15, 0.2) is 18.2 Å². The Labute approximate surface area is 151 Å². The summed E-state index contributed by atoms with van der Waals surface area (Å²) in [6.07, 6.45) is 2.40. The molecule has 2 atom stereocenters. The molecule has 4 bridgehead atoms. The van der Waals surface area contributed by atoms with Gasteiger partial charge in [-0.25, -0.2) is 8.78 Å². The Morgan fingerprint density at radius 1 is 1.24 bits per heavy atom. The first kappa shape index (κ1) is 17.1. The Kier molecular flexibility index (Phi) is 3.80. The Balaban J connectivity index is 1.53. The van der Waals surface area contributed by atoms with E-state index in [9.17, 15) is 4.79 Å². The molecule has 1 aromatic rings. The second-order valence-corrected chi connectivity index (χ2v) is 8.72. The monoisotopic (exact) mass is 369 g/mol. The molecule has 5 rings (SSSR count). The first-order valence-electron chi connectivity index (χ1n) is 8.74. The van der Waals surface area contributed by atoms with Crippen molar-refractivity contribution in [3.63, 3.8) is 0 Å². The van der Waals surface area contributed by atoms with Gasteiger partial charge in [-0.05, 0) is 55.6 Å². The number of hydrogen-bond donors (Lipinski definition) is 1. The molecule has 0 radical (unpaired) electrons. The molecule has 4 aliphatic rings. The van der Waals surface area contributed by atoms with Crippen LogP contribution in [0.4, 0.5) is 8.78 Å². The Hall–Kier alpha value is -1.36. The molecule has 3 nitrogen and oxygen atoms in total. The van der Waals surface area contributed by atoms with Crippen LogP contribution in [0.25, 0.3) is 0 Å². The third kappa shape index (κ3) is 2.90. The maximum Gasteiger partial charge on any atom is 0.256 e. The number of rotatable bonds is 4. The summed E-state index contributed by atoms with van der Waals surface area (Å²) in [4.78, 5) is 12.6. The molecule has 1 aromatic carbocycles. The molecule has 0 aromatic heterocycles. The highest BCUT2D eigenvalue weighted by molar-refractivity contribution is 6.34. The van der Waals surface area contributed by atoms with Crippen LogP contribution in [0, 0.1) is 11.3 Å². The van der Waals surface area contributed by atoms with E-state index in [1.165, 1.54) is 7.11 Å². The molecule has 0 saturated heterocycles. The zero-order valence-electron chi connectivity index (χ0n) is 14.2. The van der Waals surface area contributed by atoms with E-state index in [-0.39, 0.29) is 30.4 Å². The lowest BCUT2D eigenvalue weighted by molar-refractivity contribution is -0.172. The topological polar surface area (TPSA) is 38.3 Å². The molecule has 1 amide bonds. The predicted molar refractivity (Wildman–Crippen MR) is 91.6 cm³/mol. The van der Waals surface area contributed by atoms with Crippen LogP contribution >= 0.6 is 11.6 Å². The van der Waals surface area contributed by atoms with Crippen LogP contribution in [0.2, 0.25) is 5.02 Å². The Morgan fingerprint density at radius 2 is 1.92 bits per heavy atom. The van der Waals surface area contributed by atoms with Gasteiger partial charge in [-0.2, -0.15) is 0 Å². The minimum atomic E-state index is -1.42. The van der Waals surface area contributed by atoms with Gasteiger partial charge in [0.15, 0.2) is 0 Å². The van der Waals surface area contributed by atoms with Gasteiger partial charge in [0.1, 0.15) is 17.1 Å². The largest absolute Gasteiger partial charge is 0.496 e. The summed E-state index contributed by atoms with van der Waals surface area (Å²) in [5.74, 6) is 0.108. The highest BCUT2D eigenvalue weighted by atomic mass is 35.5. The van der Waals surface area contributed by atoms with E-state index in [0.717, 1.165) is 6.42 Å². The van der Waals surface area contributed by atoms with Crippen molar-refractivity contribution >= 4 is 17.5 Å². The van der Waals surface area contributed by atoms with E-state index in [1.807, 2.05) is 0 Å². The van der Waals surface area contributed by atoms with Gasteiger partial charge in [0, 0.05) is 13.0 Å². The van der Waals surface area contributed by atoms with E-state index in [4.69, 9.17) is 16.3 Å². The predicted octanol–water partition coefficient (Wildman–Crippen LogP) is 4.48. The molecule has 2 unspecified atom stereocenters. The summed E-state index contributed by atoms with van der Waals surface area (Å²) in [6, 6.07) is 4.99. The summed E-state index contributed by atoms with van der Waals surface area (Å²) in [5.41, 5.74) is -3.06. The van der Waals surface area contributed by atoms with Crippen LogP contribution in [0.3, 0.4) is 0 Å². The molecule has 25 heavy (non-hydrogen) atoms. The third-order valence-corrected chi connectivity index (χ3v) is 6.41. The highest BCUT2D eigenvalue weighted by Crippen LogP contribution is 2.65. The van der Waals surface area contributed by atoms with Crippen LogP contribution in [-0.4, -0.2) is 30.9 Å². The number of methoxy groups -OCH3 is 1. The number of carbonyl (C=O) groups is 1. The van der Waals surface area contributed by atoms with Gasteiger partial charge < -0.3 is 10.1 Å². The molecule has 6 heteroatoms. The fraction of sp³-hybridized carbons (Fsp3) is 0.632. The number of hydrogen-bond acceptors (Lipinski definition) is 2. The average molecular weight is 370 g/mol. The maximum atomic E-state index is 15.0. The molecule has 136 valence electrons. The molecule has 0 heterocycles. The van der Waals surface area contributed by atoms with E-state index < -0.39 is 16.8 Å². The first-order valence-corrected chi connectivity index (χ1v) is 9.12. The van der Waals surface area contributed by atoms with Crippen molar-refractivity contribution < 1.29 is 18.3 Å².